The van der Waals surface area contributed by atoms with Crippen LogP contribution in [0.5, 0.6) is 0 Å². The molecule has 1 saturated carbocycles. The Kier molecular flexibility index (Phi) is 6.45. The third-order valence-electron chi connectivity index (χ3n) is 3.67. The summed E-state index contributed by atoms with van der Waals surface area (Å²) in [6, 6.07) is 0. The fraction of sp³-hybridized carbons (Fsp3) is 0.917. The Morgan fingerprint density at radius 1 is 1.24 bits per heavy atom. The van der Waals surface area contributed by atoms with Crippen molar-refractivity contribution in [2.75, 3.05) is 12.3 Å². The molecule has 2 unspecified atom stereocenters. The van der Waals surface area contributed by atoms with E-state index in [4.69, 9.17) is 5.11 Å². The Hall–Kier alpha value is -0.830. The summed E-state index contributed by atoms with van der Waals surface area (Å²) in [4.78, 5) is 11.1. The molecule has 0 spiro atoms. The normalized spacial score (nSPS) is 24.0. The van der Waals surface area contributed by atoms with Crippen LogP contribution >= 0.6 is 0 Å². The van der Waals surface area contributed by atoms with Crippen molar-refractivity contribution in [1.29, 1.82) is 0 Å². The summed E-state index contributed by atoms with van der Waals surface area (Å²) in [5.74, 6) is -2.43. The zero-order valence-corrected chi connectivity index (χ0v) is 12.3. The van der Waals surface area contributed by atoms with Gasteiger partial charge in [-0.05, 0) is 25.2 Å². The summed E-state index contributed by atoms with van der Waals surface area (Å²) < 4.78 is 61.4. The standard InChI is InChI=1S/C12H20F3NO4S/c13-12(14,15)6-3-7-21(19,20)16-8-9-4-1-2-5-10(9)11(17)18/h9-10,16H,1-8H2,(H,17,18). The first kappa shape index (κ1) is 18.2. The Labute approximate surface area is 122 Å². The second-order valence-electron chi connectivity index (χ2n) is 5.38. The Morgan fingerprint density at radius 3 is 2.43 bits per heavy atom. The number of carboxylic acid groups (broad SMARTS) is 1. The fourth-order valence-electron chi connectivity index (χ4n) is 2.55. The van der Waals surface area contributed by atoms with E-state index in [1.165, 1.54) is 0 Å². The van der Waals surface area contributed by atoms with Gasteiger partial charge in [0.2, 0.25) is 10.0 Å². The van der Waals surface area contributed by atoms with E-state index in [0.29, 0.717) is 12.8 Å². The molecule has 0 radical (unpaired) electrons. The Morgan fingerprint density at radius 2 is 1.86 bits per heavy atom. The first-order chi connectivity index (χ1) is 9.61. The monoisotopic (exact) mass is 331 g/mol. The van der Waals surface area contributed by atoms with E-state index in [0.717, 1.165) is 12.8 Å². The highest BCUT2D eigenvalue weighted by Gasteiger charge is 2.32. The lowest BCUT2D eigenvalue weighted by molar-refractivity contribution is -0.144. The number of nitrogens with one attached hydrogen (secondary N) is 1. The largest absolute Gasteiger partial charge is 0.481 e. The van der Waals surface area contributed by atoms with Gasteiger partial charge < -0.3 is 5.11 Å². The molecule has 9 heteroatoms. The third kappa shape index (κ3) is 7.12. The first-order valence-electron chi connectivity index (χ1n) is 6.87. The molecule has 1 fully saturated rings. The van der Waals surface area contributed by atoms with Crippen molar-refractivity contribution < 1.29 is 31.5 Å². The number of hydrogen-bond acceptors (Lipinski definition) is 3. The summed E-state index contributed by atoms with van der Waals surface area (Å²) >= 11 is 0. The minimum absolute atomic E-state index is 0.0225. The van der Waals surface area contributed by atoms with E-state index in [-0.39, 0.29) is 12.5 Å². The van der Waals surface area contributed by atoms with Gasteiger partial charge in [0.25, 0.3) is 0 Å². The second-order valence-corrected chi connectivity index (χ2v) is 7.30. The van der Waals surface area contributed by atoms with Gasteiger partial charge in [-0.2, -0.15) is 13.2 Å². The lowest BCUT2D eigenvalue weighted by Gasteiger charge is -2.28. The molecule has 0 aromatic heterocycles. The SMILES string of the molecule is O=C(O)C1CCCCC1CNS(=O)(=O)CCCC(F)(F)F. The van der Waals surface area contributed by atoms with E-state index in [1.54, 1.807) is 0 Å². The summed E-state index contributed by atoms with van der Waals surface area (Å²) in [7, 11) is -3.80. The van der Waals surface area contributed by atoms with Crippen LogP contribution in [0, 0.1) is 11.8 Å². The second kappa shape index (κ2) is 7.44. The highest BCUT2D eigenvalue weighted by molar-refractivity contribution is 7.89. The molecule has 2 N–H and O–H groups in total. The third-order valence-corrected chi connectivity index (χ3v) is 5.10. The minimum atomic E-state index is -4.37. The van der Waals surface area contributed by atoms with E-state index in [9.17, 15) is 26.4 Å². The van der Waals surface area contributed by atoms with Gasteiger partial charge >= 0.3 is 12.1 Å². The van der Waals surface area contributed by atoms with Crippen LogP contribution in [0.4, 0.5) is 13.2 Å². The summed E-state index contributed by atoms with van der Waals surface area (Å²) in [5, 5.41) is 9.07. The Bertz CT molecular complexity index is 450. The molecule has 0 aromatic carbocycles. The molecule has 0 saturated heterocycles. The fourth-order valence-corrected chi connectivity index (χ4v) is 3.68. The number of hydrogen-bond donors (Lipinski definition) is 2. The predicted molar refractivity (Wildman–Crippen MR) is 70.2 cm³/mol. The number of alkyl halides is 3. The van der Waals surface area contributed by atoms with Gasteiger partial charge in [-0.15, -0.1) is 0 Å². The molecule has 0 aromatic rings. The van der Waals surface area contributed by atoms with Crippen LogP contribution in [-0.4, -0.2) is 38.0 Å². The van der Waals surface area contributed by atoms with Gasteiger partial charge in [0.1, 0.15) is 0 Å². The van der Waals surface area contributed by atoms with Gasteiger partial charge in [-0.3, -0.25) is 4.79 Å². The van der Waals surface area contributed by atoms with Gasteiger partial charge in [-0.1, -0.05) is 12.8 Å². The van der Waals surface area contributed by atoms with Crippen LogP contribution in [0.1, 0.15) is 38.5 Å². The highest BCUT2D eigenvalue weighted by Crippen LogP contribution is 2.30. The van der Waals surface area contributed by atoms with E-state index < -0.39 is 46.7 Å². The number of carboxylic acids is 1. The molecule has 0 bridgehead atoms. The van der Waals surface area contributed by atoms with Crippen molar-refractivity contribution in [2.45, 2.75) is 44.7 Å². The van der Waals surface area contributed by atoms with Crippen molar-refractivity contribution in [1.82, 2.24) is 4.72 Å². The molecule has 0 aliphatic heterocycles. The zero-order valence-electron chi connectivity index (χ0n) is 11.5. The number of sulfonamides is 1. The lowest BCUT2D eigenvalue weighted by atomic mass is 9.79. The molecule has 1 rings (SSSR count). The molecule has 21 heavy (non-hydrogen) atoms. The zero-order chi connectivity index (χ0) is 16.1. The number of carbonyl (C=O) groups is 1. The van der Waals surface area contributed by atoms with Gasteiger partial charge in [0.05, 0.1) is 11.7 Å². The van der Waals surface area contributed by atoms with Crippen LogP contribution in [0.25, 0.3) is 0 Å². The average Bonchev–Trinajstić information content (AvgIpc) is 2.35. The van der Waals surface area contributed by atoms with Crippen molar-refractivity contribution in [3.8, 4) is 0 Å². The minimum Gasteiger partial charge on any atom is -0.481 e. The number of halogens is 3. The smallest absolute Gasteiger partial charge is 0.389 e. The van der Waals surface area contributed by atoms with E-state index >= 15 is 0 Å². The molecule has 5 nitrogen and oxygen atoms in total. The van der Waals surface area contributed by atoms with Gasteiger partial charge in [0, 0.05) is 13.0 Å². The first-order valence-corrected chi connectivity index (χ1v) is 8.53. The molecule has 0 amide bonds. The van der Waals surface area contributed by atoms with Gasteiger partial charge in [0.15, 0.2) is 0 Å². The number of aliphatic carboxylic acids is 1. The maximum absolute atomic E-state index is 12.0. The van der Waals surface area contributed by atoms with Crippen LogP contribution in [-0.2, 0) is 14.8 Å². The van der Waals surface area contributed by atoms with Crippen molar-refractivity contribution in [3.63, 3.8) is 0 Å². The number of rotatable bonds is 7. The van der Waals surface area contributed by atoms with Crippen molar-refractivity contribution in [2.24, 2.45) is 11.8 Å². The molecule has 2 atom stereocenters. The molecule has 124 valence electrons. The topological polar surface area (TPSA) is 83.5 Å². The van der Waals surface area contributed by atoms with E-state index in [1.807, 2.05) is 0 Å². The van der Waals surface area contributed by atoms with Crippen LogP contribution in [0.3, 0.4) is 0 Å². The maximum atomic E-state index is 12.0. The van der Waals surface area contributed by atoms with Crippen LogP contribution in [0.2, 0.25) is 0 Å². The van der Waals surface area contributed by atoms with Crippen molar-refractivity contribution >= 4 is 16.0 Å². The summed E-state index contributed by atoms with van der Waals surface area (Å²) in [5.41, 5.74) is 0. The molecular weight excluding hydrogens is 311 g/mol. The lowest BCUT2D eigenvalue weighted by Crippen LogP contribution is -2.38. The van der Waals surface area contributed by atoms with Crippen molar-refractivity contribution in [3.05, 3.63) is 0 Å². The maximum Gasteiger partial charge on any atom is 0.389 e. The summed E-state index contributed by atoms with van der Waals surface area (Å²) in [6.45, 7) is -0.0225. The van der Waals surface area contributed by atoms with Crippen LogP contribution < -0.4 is 4.72 Å². The Balaban J connectivity index is 2.43. The summed E-state index contributed by atoms with van der Waals surface area (Å²) in [6.07, 6.45) is -3.25. The average molecular weight is 331 g/mol. The predicted octanol–water partition coefficient (Wildman–Crippen LogP) is 2.14. The molecule has 1 aliphatic carbocycles. The quantitative estimate of drug-likeness (QED) is 0.749. The molecular formula is C12H20F3NO4S. The highest BCUT2D eigenvalue weighted by atomic mass is 32.2. The van der Waals surface area contributed by atoms with Gasteiger partial charge in [-0.25, -0.2) is 13.1 Å². The molecule has 0 heterocycles. The van der Waals surface area contributed by atoms with Crippen LogP contribution in [0.15, 0.2) is 0 Å². The van der Waals surface area contributed by atoms with E-state index in [2.05, 4.69) is 4.72 Å². The molecule has 1 aliphatic rings.